The number of aromatic nitrogens is 2. The molecule has 12 nitrogen and oxygen atoms in total. The number of nitrogens with zero attached hydrogens (tertiary/aromatic N) is 3. The highest BCUT2D eigenvalue weighted by atomic mass is 19.4. The maximum absolute atomic E-state index is 14.7. The zero-order chi connectivity index (χ0) is 39.4. The summed E-state index contributed by atoms with van der Waals surface area (Å²) in [5, 5.41) is 6.48. The molecule has 0 fully saturated rings. The van der Waals surface area contributed by atoms with Crippen LogP contribution in [0.3, 0.4) is 0 Å². The topological polar surface area (TPSA) is 130 Å². The Labute approximate surface area is 305 Å². The predicted octanol–water partition coefficient (Wildman–Crippen LogP) is 8.29. The molecule has 3 aromatic carbocycles. The first-order valence-corrected chi connectivity index (χ1v) is 16.5. The number of halogens is 5. The predicted molar refractivity (Wildman–Crippen MR) is 181 cm³/mol. The third-order valence-electron chi connectivity index (χ3n) is 7.76. The number of alkyl halides is 5. The molecule has 1 N–H and O–H groups in total. The van der Waals surface area contributed by atoms with Gasteiger partial charge >= 0.3 is 24.5 Å². The van der Waals surface area contributed by atoms with E-state index in [9.17, 15) is 36.3 Å². The van der Waals surface area contributed by atoms with Crippen LogP contribution in [0.1, 0.15) is 85.3 Å². The van der Waals surface area contributed by atoms with Crippen LogP contribution in [-0.2, 0) is 22.2 Å². The molecule has 1 aromatic heterocycles. The van der Waals surface area contributed by atoms with Gasteiger partial charge in [0.1, 0.15) is 17.0 Å². The molecular weight excluding hydrogens is 723 g/mol. The van der Waals surface area contributed by atoms with Gasteiger partial charge in [0.2, 0.25) is 0 Å². The molecule has 3 heterocycles. The zero-order valence-corrected chi connectivity index (χ0v) is 29.8. The number of fused-ring (bicyclic) bond motifs is 2. The Morgan fingerprint density at radius 3 is 2.17 bits per heavy atom. The van der Waals surface area contributed by atoms with Gasteiger partial charge in [-0.15, -0.1) is 8.78 Å². The number of esters is 1. The Hall–Kier alpha value is -5.87. The molecule has 17 heteroatoms. The highest BCUT2D eigenvalue weighted by molar-refractivity contribution is 6.04. The summed E-state index contributed by atoms with van der Waals surface area (Å²) in [7, 11) is 0. The Balaban J connectivity index is 1.36. The number of benzene rings is 3. The van der Waals surface area contributed by atoms with Gasteiger partial charge in [0, 0.05) is 22.9 Å². The Bertz CT molecular complexity index is 2100. The van der Waals surface area contributed by atoms with E-state index in [0.717, 1.165) is 15.6 Å². The van der Waals surface area contributed by atoms with Crippen molar-refractivity contribution in [3.8, 4) is 22.9 Å². The zero-order valence-electron chi connectivity index (χ0n) is 29.8. The molecule has 1 unspecified atom stereocenters. The van der Waals surface area contributed by atoms with Crippen LogP contribution in [0.2, 0.25) is 0 Å². The number of rotatable bonds is 6. The van der Waals surface area contributed by atoms with E-state index >= 15 is 0 Å². The molecule has 0 bridgehead atoms. The molecule has 0 saturated heterocycles. The summed E-state index contributed by atoms with van der Waals surface area (Å²) in [5.74, 6) is -1.71. The molecule has 6 rings (SSSR count). The van der Waals surface area contributed by atoms with Gasteiger partial charge in [-0.3, -0.25) is 9.69 Å². The number of nitrogens with one attached hydrogen (secondary N) is 1. The van der Waals surface area contributed by atoms with Crippen LogP contribution in [0.4, 0.5) is 32.4 Å². The van der Waals surface area contributed by atoms with Crippen molar-refractivity contribution in [1.82, 2.24) is 14.7 Å². The lowest BCUT2D eigenvalue weighted by molar-refractivity contribution is -0.286. The Morgan fingerprint density at radius 1 is 0.852 bits per heavy atom. The van der Waals surface area contributed by atoms with Gasteiger partial charge in [-0.05, 0) is 96.1 Å². The van der Waals surface area contributed by atoms with E-state index in [0.29, 0.717) is 0 Å². The van der Waals surface area contributed by atoms with E-state index in [2.05, 4.69) is 19.9 Å². The normalized spacial score (nSPS) is 16.4. The average molecular weight is 759 g/mol. The summed E-state index contributed by atoms with van der Waals surface area (Å²) in [5.41, 5.74) is -3.11. The first kappa shape index (κ1) is 37.9. The van der Waals surface area contributed by atoms with Crippen molar-refractivity contribution in [3.63, 3.8) is 0 Å². The summed E-state index contributed by atoms with van der Waals surface area (Å²) in [4.78, 5) is 40.2. The fourth-order valence-electron chi connectivity index (χ4n) is 5.66. The Morgan fingerprint density at radius 2 is 1.52 bits per heavy atom. The Kier molecular flexibility index (Phi) is 9.48. The van der Waals surface area contributed by atoms with Crippen molar-refractivity contribution < 1.29 is 60.0 Å². The summed E-state index contributed by atoms with van der Waals surface area (Å²) in [6, 6.07) is 14.9. The van der Waals surface area contributed by atoms with Crippen LogP contribution in [0, 0.1) is 0 Å². The average Bonchev–Trinajstić information content (AvgIpc) is 3.60. The van der Waals surface area contributed by atoms with Crippen molar-refractivity contribution >= 4 is 23.7 Å². The number of carbonyl (C=O) groups excluding carboxylic acids is 3. The van der Waals surface area contributed by atoms with Crippen molar-refractivity contribution in [2.24, 2.45) is 0 Å². The van der Waals surface area contributed by atoms with E-state index in [1.165, 1.54) is 60.7 Å². The lowest BCUT2D eigenvalue weighted by Gasteiger charge is -2.35. The van der Waals surface area contributed by atoms with Gasteiger partial charge < -0.3 is 29.0 Å². The van der Waals surface area contributed by atoms with E-state index in [-0.39, 0.29) is 57.6 Å². The molecule has 0 saturated carbocycles. The van der Waals surface area contributed by atoms with E-state index in [4.69, 9.17) is 14.2 Å². The second-order valence-corrected chi connectivity index (χ2v) is 14.4. The molecule has 4 aromatic rings. The van der Waals surface area contributed by atoms with Gasteiger partial charge in [0.25, 0.3) is 5.91 Å². The molecular formula is C37H35F5N4O8. The van der Waals surface area contributed by atoms with Gasteiger partial charge in [-0.2, -0.15) is 18.3 Å². The van der Waals surface area contributed by atoms with E-state index in [1.807, 2.05) is 0 Å². The number of carbonyl (C=O) groups is 3. The van der Waals surface area contributed by atoms with Gasteiger partial charge in [-0.1, -0.05) is 6.07 Å². The number of amides is 2. The fourth-order valence-corrected chi connectivity index (χ4v) is 5.66. The first-order valence-electron chi connectivity index (χ1n) is 16.5. The minimum absolute atomic E-state index is 0.0188. The van der Waals surface area contributed by atoms with Crippen LogP contribution in [0.5, 0.6) is 17.2 Å². The number of hydrogen-bond acceptors (Lipinski definition) is 9. The number of anilines is 1. The SMILES string of the molecule is CC(C)(C)OC(=O)c1ccc(OC2CN(C(=O)OC(C)(C)C)Cc3c(C(F)(F)F)nn(-c4cccc(C(=O)Nc5ccc6c(c5)OC(F)(F)O6)c4)c32)cc1. The molecule has 0 spiro atoms. The molecule has 54 heavy (non-hydrogen) atoms. The molecule has 2 amide bonds. The molecule has 1 atom stereocenters. The van der Waals surface area contributed by atoms with Gasteiger partial charge in [0.05, 0.1) is 30.0 Å². The van der Waals surface area contributed by atoms with Crippen LogP contribution in [0.15, 0.2) is 66.7 Å². The van der Waals surface area contributed by atoms with Crippen LogP contribution < -0.4 is 19.5 Å². The molecule has 2 aliphatic rings. The van der Waals surface area contributed by atoms with Crippen LogP contribution in [0.25, 0.3) is 5.69 Å². The highest BCUT2D eigenvalue weighted by Crippen LogP contribution is 2.43. The van der Waals surface area contributed by atoms with E-state index < -0.39 is 60.0 Å². The molecule has 2 aliphatic heterocycles. The smallest absolute Gasteiger partial charge is 0.482 e. The van der Waals surface area contributed by atoms with Crippen molar-refractivity contribution in [2.45, 2.75) is 77.9 Å². The summed E-state index contributed by atoms with van der Waals surface area (Å²) < 4.78 is 98.0. The molecule has 286 valence electrons. The lowest BCUT2D eigenvalue weighted by Crippen LogP contribution is -2.43. The van der Waals surface area contributed by atoms with Crippen LogP contribution >= 0.6 is 0 Å². The summed E-state index contributed by atoms with van der Waals surface area (Å²) in [6.07, 6.45) is -11.0. The standard InChI is InChI=1S/C37H35F5N4O8/c1-34(2,3)53-32(48)20-10-13-24(14-11-20)50-28-19-45(33(49)54-35(4,5)6)18-25-29(28)46(44-30(25)36(38,39)40)23-9-7-8-21(16-23)31(47)43-22-12-15-26-27(17-22)52-37(41,42)51-26/h7-17,28H,18-19H2,1-6H3,(H,43,47). The van der Waals surface area contributed by atoms with Gasteiger partial charge in [-0.25, -0.2) is 14.3 Å². The highest BCUT2D eigenvalue weighted by Gasteiger charge is 2.46. The van der Waals surface area contributed by atoms with Crippen molar-refractivity contribution in [2.75, 3.05) is 11.9 Å². The van der Waals surface area contributed by atoms with Crippen LogP contribution in [-0.4, -0.2) is 56.7 Å². The molecule has 0 radical (unpaired) electrons. The first-order chi connectivity index (χ1) is 25.0. The minimum Gasteiger partial charge on any atom is -0.482 e. The number of ether oxygens (including phenoxy) is 5. The van der Waals surface area contributed by atoms with Gasteiger partial charge in [0.15, 0.2) is 23.3 Å². The van der Waals surface area contributed by atoms with Crippen molar-refractivity contribution in [1.29, 1.82) is 0 Å². The largest absolute Gasteiger partial charge is 0.586 e. The van der Waals surface area contributed by atoms with Crippen molar-refractivity contribution in [3.05, 3.63) is 94.8 Å². The fraction of sp³-hybridized carbons (Fsp3) is 0.351. The third kappa shape index (κ3) is 8.50. The maximum Gasteiger partial charge on any atom is 0.586 e. The monoisotopic (exact) mass is 758 g/mol. The quantitative estimate of drug-likeness (QED) is 0.153. The second-order valence-electron chi connectivity index (χ2n) is 14.4. The second kappa shape index (κ2) is 13.5. The summed E-state index contributed by atoms with van der Waals surface area (Å²) in [6.45, 7) is 9.21. The summed E-state index contributed by atoms with van der Waals surface area (Å²) >= 11 is 0. The number of hydrogen-bond donors (Lipinski definition) is 1. The minimum atomic E-state index is -4.98. The van der Waals surface area contributed by atoms with E-state index in [1.54, 1.807) is 41.5 Å². The third-order valence-corrected chi connectivity index (χ3v) is 7.76. The lowest BCUT2D eigenvalue weighted by atomic mass is 10.0. The molecule has 0 aliphatic carbocycles. The maximum atomic E-state index is 14.7.